The molecule has 0 N–H and O–H groups in total. The van der Waals surface area contributed by atoms with Crippen LogP contribution in [0.3, 0.4) is 0 Å². The highest BCUT2D eigenvalue weighted by atomic mass is 16.1. The van der Waals surface area contributed by atoms with E-state index >= 15 is 0 Å². The van der Waals surface area contributed by atoms with E-state index in [4.69, 9.17) is 32.1 Å². The summed E-state index contributed by atoms with van der Waals surface area (Å²) >= 11 is 0. The van der Waals surface area contributed by atoms with Crippen LogP contribution in [0.15, 0.2) is 24.8 Å². The fraction of sp³-hybridized carbons (Fsp3) is 0.375. The molecule has 0 bridgehead atoms. The molecule has 1 unspecified atom stereocenters. The molecule has 124 valence electrons. The van der Waals surface area contributed by atoms with Gasteiger partial charge in [0.25, 0.3) is 0 Å². The fourth-order valence-electron chi connectivity index (χ4n) is 4.08. The predicted molar refractivity (Wildman–Crippen MR) is 104 cm³/mol. The summed E-state index contributed by atoms with van der Waals surface area (Å²) in [7, 11) is 0. The van der Waals surface area contributed by atoms with Crippen LogP contribution in [0.1, 0.15) is 38.5 Å². The van der Waals surface area contributed by atoms with E-state index in [-0.39, 0.29) is 25.0 Å². The van der Waals surface area contributed by atoms with Gasteiger partial charge in [0.2, 0.25) is 0 Å². The lowest BCUT2D eigenvalue weighted by molar-refractivity contribution is -0.141. The van der Waals surface area contributed by atoms with E-state index in [1.165, 1.54) is 0 Å². The van der Waals surface area contributed by atoms with Crippen LogP contribution in [0.4, 0.5) is 0 Å². The second kappa shape index (κ2) is 7.68. The number of ketones is 1. The summed E-state index contributed by atoms with van der Waals surface area (Å²) in [4.78, 5) is 13.6. The van der Waals surface area contributed by atoms with Crippen LogP contribution in [0, 0.1) is 78.0 Å². The molecule has 1 aliphatic carbocycles. The van der Waals surface area contributed by atoms with Gasteiger partial charge in [0.1, 0.15) is 0 Å². The summed E-state index contributed by atoms with van der Waals surface area (Å²) < 4.78 is 0. The number of Topliss-reactive ketones (excluding diaryl/α,β-unsaturated/α-hetero) is 1. The SMILES string of the molecule is C#CCC1(CC#C)CC(CC#C)(CC#C)C(=O)C(C=C)(CC#C)C1=C. The van der Waals surface area contributed by atoms with E-state index in [9.17, 15) is 4.79 Å². The van der Waals surface area contributed by atoms with Gasteiger partial charge in [-0.25, -0.2) is 0 Å². The molecule has 0 spiro atoms. The van der Waals surface area contributed by atoms with Crippen molar-refractivity contribution in [2.24, 2.45) is 16.2 Å². The van der Waals surface area contributed by atoms with Gasteiger partial charge in [-0.3, -0.25) is 4.79 Å². The number of allylic oxidation sites excluding steroid dienone is 2. The third-order valence-electron chi connectivity index (χ3n) is 5.23. The van der Waals surface area contributed by atoms with E-state index in [2.05, 4.69) is 42.8 Å². The molecule has 0 radical (unpaired) electrons. The van der Waals surface area contributed by atoms with Crippen molar-refractivity contribution in [3.8, 4) is 61.7 Å². The number of terminal acetylenes is 5. The molecule has 1 aliphatic rings. The topological polar surface area (TPSA) is 17.1 Å². The maximum absolute atomic E-state index is 13.6. The minimum atomic E-state index is -1.13. The molecule has 1 saturated carbocycles. The zero-order chi connectivity index (χ0) is 19.1. The standard InChI is InChI=1S/C24H22O/c1-8-14-22(15-9-2)19-23(16-10-3,17-11-4)21(25)24(13-6,18-12-5)20(22)7/h1-5,13H,6-7,14-19H2. The first-order valence-electron chi connectivity index (χ1n) is 7.94. The fourth-order valence-corrected chi connectivity index (χ4v) is 4.08. The average molecular weight is 326 g/mol. The van der Waals surface area contributed by atoms with Crippen molar-refractivity contribution in [1.82, 2.24) is 0 Å². The summed E-state index contributed by atoms with van der Waals surface area (Å²) in [6.45, 7) is 8.07. The Kier molecular flexibility index (Phi) is 6.14. The number of hydrogen-bond acceptors (Lipinski definition) is 1. The first kappa shape index (κ1) is 20.0. The molecular formula is C24H22O. The number of rotatable bonds is 6. The molecule has 0 aliphatic heterocycles. The molecule has 0 amide bonds. The minimum Gasteiger partial charge on any atom is -0.298 e. The van der Waals surface area contributed by atoms with E-state index in [0.717, 1.165) is 0 Å². The molecule has 1 rings (SSSR count). The van der Waals surface area contributed by atoms with Crippen molar-refractivity contribution in [3.05, 3.63) is 24.8 Å². The molecular weight excluding hydrogens is 304 g/mol. The molecule has 0 aromatic carbocycles. The lowest BCUT2D eigenvalue weighted by atomic mass is 9.46. The van der Waals surface area contributed by atoms with Crippen molar-refractivity contribution in [1.29, 1.82) is 0 Å². The van der Waals surface area contributed by atoms with E-state index in [1.54, 1.807) is 6.08 Å². The Balaban J connectivity index is 3.82. The second-order valence-corrected chi connectivity index (χ2v) is 6.63. The second-order valence-electron chi connectivity index (χ2n) is 6.63. The van der Waals surface area contributed by atoms with Gasteiger partial charge in [0, 0.05) is 37.5 Å². The lowest BCUT2D eigenvalue weighted by Gasteiger charge is -2.54. The van der Waals surface area contributed by atoms with Crippen molar-refractivity contribution in [2.75, 3.05) is 0 Å². The highest BCUT2D eigenvalue weighted by Gasteiger charge is 2.60. The highest BCUT2D eigenvalue weighted by molar-refractivity contribution is 5.97. The van der Waals surface area contributed by atoms with Crippen molar-refractivity contribution in [3.63, 3.8) is 0 Å². The Morgan fingerprint density at radius 3 is 1.60 bits per heavy atom. The first-order chi connectivity index (χ1) is 11.9. The number of carbonyl (C=O) groups is 1. The summed E-state index contributed by atoms with van der Waals surface area (Å²) in [5.74, 6) is 13.0. The molecule has 1 fully saturated rings. The van der Waals surface area contributed by atoms with Gasteiger partial charge >= 0.3 is 0 Å². The van der Waals surface area contributed by atoms with Crippen LogP contribution in [0.2, 0.25) is 0 Å². The predicted octanol–water partition coefficient (Wildman–Crippen LogP) is 3.78. The van der Waals surface area contributed by atoms with Crippen LogP contribution in [-0.4, -0.2) is 5.78 Å². The van der Waals surface area contributed by atoms with Gasteiger partial charge in [-0.1, -0.05) is 18.2 Å². The molecule has 1 nitrogen and oxygen atoms in total. The maximum atomic E-state index is 13.6. The average Bonchev–Trinajstić information content (AvgIpc) is 2.58. The minimum absolute atomic E-state index is 0.126. The molecule has 0 aromatic heterocycles. The van der Waals surface area contributed by atoms with Crippen molar-refractivity contribution >= 4 is 5.78 Å². The molecule has 25 heavy (non-hydrogen) atoms. The smallest absolute Gasteiger partial charge is 0.155 e. The van der Waals surface area contributed by atoms with E-state index < -0.39 is 16.2 Å². The Hall–Kier alpha value is -3.05. The zero-order valence-corrected chi connectivity index (χ0v) is 14.5. The van der Waals surface area contributed by atoms with Gasteiger partial charge in [0.15, 0.2) is 5.78 Å². The van der Waals surface area contributed by atoms with Crippen LogP contribution in [-0.2, 0) is 4.79 Å². The van der Waals surface area contributed by atoms with E-state index in [0.29, 0.717) is 24.8 Å². The van der Waals surface area contributed by atoms with Gasteiger partial charge < -0.3 is 0 Å². The number of carbonyl (C=O) groups excluding carboxylic acids is 1. The Labute approximate surface area is 152 Å². The van der Waals surface area contributed by atoms with Crippen LogP contribution < -0.4 is 0 Å². The first-order valence-corrected chi connectivity index (χ1v) is 7.94. The quantitative estimate of drug-likeness (QED) is 0.536. The van der Waals surface area contributed by atoms with Crippen LogP contribution in [0.25, 0.3) is 0 Å². The molecule has 0 heterocycles. The van der Waals surface area contributed by atoms with Crippen LogP contribution in [0.5, 0.6) is 0 Å². The highest BCUT2D eigenvalue weighted by Crippen LogP contribution is 2.61. The molecule has 1 heteroatoms. The Bertz CT molecular complexity index is 699. The normalized spacial score (nSPS) is 23.2. The van der Waals surface area contributed by atoms with Gasteiger partial charge in [0.05, 0.1) is 10.8 Å². The Morgan fingerprint density at radius 2 is 1.24 bits per heavy atom. The monoisotopic (exact) mass is 326 g/mol. The number of hydrogen-bond donors (Lipinski definition) is 0. The van der Waals surface area contributed by atoms with E-state index in [1.807, 2.05) is 0 Å². The largest absolute Gasteiger partial charge is 0.298 e. The third kappa shape index (κ3) is 3.02. The molecule has 0 aromatic rings. The van der Waals surface area contributed by atoms with Crippen molar-refractivity contribution < 1.29 is 4.79 Å². The summed E-state index contributed by atoms with van der Waals surface area (Å²) in [6.07, 6.45) is 31.1. The Morgan fingerprint density at radius 1 is 0.840 bits per heavy atom. The van der Waals surface area contributed by atoms with Crippen LogP contribution >= 0.6 is 0 Å². The molecule has 1 atom stereocenters. The summed E-state index contributed by atoms with van der Waals surface area (Å²) in [6, 6.07) is 0. The summed E-state index contributed by atoms with van der Waals surface area (Å²) in [5.41, 5.74) is -2.10. The molecule has 0 saturated heterocycles. The zero-order valence-electron chi connectivity index (χ0n) is 14.5. The maximum Gasteiger partial charge on any atom is 0.155 e. The summed E-state index contributed by atoms with van der Waals surface area (Å²) in [5, 5.41) is 0. The third-order valence-corrected chi connectivity index (χ3v) is 5.23. The van der Waals surface area contributed by atoms with Crippen molar-refractivity contribution in [2.45, 2.75) is 38.5 Å². The van der Waals surface area contributed by atoms with Gasteiger partial charge in [-0.15, -0.1) is 68.3 Å². The van der Waals surface area contributed by atoms with Gasteiger partial charge in [-0.05, 0) is 6.42 Å². The lowest BCUT2D eigenvalue weighted by Crippen LogP contribution is -2.54. The van der Waals surface area contributed by atoms with Gasteiger partial charge in [-0.2, -0.15) is 0 Å².